The Hall–Kier alpha value is -0.710. The number of nitrogens with one attached hydrogen (secondary N) is 1. The van der Waals surface area contributed by atoms with Crippen LogP contribution in [0.4, 0.5) is 5.69 Å². The average Bonchev–Trinajstić information content (AvgIpc) is 2.21. The lowest BCUT2D eigenvalue weighted by Crippen LogP contribution is -2.35. The van der Waals surface area contributed by atoms with Crippen molar-refractivity contribution in [2.75, 3.05) is 24.5 Å². The number of anilines is 1. The summed E-state index contributed by atoms with van der Waals surface area (Å²) >= 11 is 1.49. The molecular weight excluding hydrogens is 184 g/mol. The van der Waals surface area contributed by atoms with Crippen LogP contribution in [0.5, 0.6) is 0 Å². The third kappa shape index (κ3) is 2.62. The minimum Gasteiger partial charge on any atom is -0.318 e. The normalized spacial score (nSPS) is 18.5. The van der Waals surface area contributed by atoms with Gasteiger partial charge in [-0.25, -0.2) is 5.01 Å². The summed E-state index contributed by atoms with van der Waals surface area (Å²) in [6.07, 6.45) is 0. The van der Waals surface area contributed by atoms with E-state index in [1.54, 1.807) is 0 Å². The van der Waals surface area contributed by atoms with Gasteiger partial charge in [0.05, 0.1) is 12.5 Å². The number of hydrogen-bond donors (Lipinski definition) is 1. The van der Waals surface area contributed by atoms with Crippen LogP contribution in [-0.2, 0) is 4.18 Å². The first-order valence-corrected chi connectivity index (χ1v) is 5.17. The van der Waals surface area contributed by atoms with Crippen molar-refractivity contribution >= 4 is 17.7 Å². The zero-order chi connectivity index (χ0) is 8.93. The van der Waals surface area contributed by atoms with Gasteiger partial charge in [0.25, 0.3) is 0 Å². The zero-order valence-electron chi connectivity index (χ0n) is 7.27. The molecule has 0 radical (unpaired) electrons. The minimum absolute atomic E-state index is 0.782. The lowest BCUT2D eigenvalue weighted by Gasteiger charge is -2.26. The van der Waals surface area contributed by atoms with E-state index >= 15 is 0 Å². The van der Waals surface area contributed by atoms with Gasteiger partial charge in [-0.3, -0.25) is 0 Å². The number of para-hydroxylation sites is 1. The van der Waals surface area contributed by atoms with Gasteiger partial charge in [0, 0.05) is 24.3 Å². The summed E-state index contributed by atoms with van der Waals surface area (Å²) in [4.78, 5) is 0. The molecule has 4 heteroatoms. The third-order valence-corrected chi connectivity index (χ3v) is 2.55. The highest BCUT2D eigenvalue weighted by Gasteiger charge is 2.09. The van der Waals surface area contributed by atoms with E-state index in [2.05, 4.69) is 22.6 Å². The van der Waals surface area contributed by atoms with Crippen LogP contribution in [0, 0.1) is 0 Å². The van der Waals surface area contributed by atoms with Crippen LogP contribution in [0.2, 0.25) is 0 Å². The molecule has 70 valence electrons. The van der Waals surface area contributed by atoms with Crippen LogP contribution in [0.15, 0.2) is 30.3 Å². The Balaban J connectivity index is 1.90. The van der Waals surface area contributed by atoms with Crippen LogP contribution >= 0.6 is 12.0 Å². The first-order chi connectivity index (χ1) is 6.45. The first kappa shape index (κ1) is 8.87. The Labute approximate surface area is 82.2 Å². The fraction of sp³-hybridized carbons (Fsp3) is 0.333. The first-order valence-electron chi connectivity index (χ1n) is 4.26. The zero-order valence-corrected chi connectivity index (χ0v) is 8.09. The fourth-order valence-electron chi connectivity index (χ4n) is 1.16. The van der Waals surface area contributed by atoms with Crippen LogP contribution < -0.4 is 5.43 Å². The molecule has 1 aliphatic rings. The van der Waals surface area contributed by atoms with E-state index in [4.69, 9.17) is 4.18 Å². The summed E-state index contributed by atoms with van der Waals surface area (Å²) in [5.74, 6) is 0.870. The highest BCUT2D eigenvalue weighted by molar-refractivity contribution is 7.94. The molecule has 0 aliphatic carbocycles. The van der Waals surface area contributed by atoms with Crippen molar-refractivity contribution in [3.8, 4) is 0 Å². The smallest absolute Gasteiger partial charge is 0.0899 e. The van der Waals surface area contributed by atoms with Gasteiger partial charge in [-0.05, 0) is 12.1 Å². The van der Waals surface area contributed by atoms with Gasteiger partial charge in [0.1, 0.15) is 0 Å². The summed E-state index contributed by atoms with van der Waals surface area (Å²) in [6, 6.07) is 10.2. The highest BCUT2D eigenvalue weighted by Crippen LogP contribution is 2.14. The van der Waals surface area contributed by atoms with E-state index in [0.717, 1.165) is 24.7 Å². The van der Waals surface area contributed by atoms with Gasteiger partial charge < -0.3 is 9.61 Å². The molecule has 1 aromatic rings. The standard InChI is InChI=1S/C9H12N2OS/c1-2-4-9(5-3-1)10-11-6-7-12-13-8-11/h1-5,10H,6-8H2. The van der Waals surface area contributed by atoms with Crippen LogP contribution in [-0.4, -0.2) is 24.0 Å². The number of nitrogens with zero attached hydrogens (tertiary/aromatic N) is 1. The maximum Gasteiger partial charge on any atom is 0.0899 e. The number of hydrazine groups is 1. The molecule has 1 aromatic carbocycles. The van der Waals surface area contributed by atoms with Crippen molar-refractivity contribution in [3.63, 3.8) is 0 Å². The molecule has 1 N–H and O–H groups in total. The Morgan fingerprint density at radius 1 is 1.31 bits per heavy atom. The Bertz CT molecular complexity index is 249. The van der Waals surface area contributed by atoms with Gasteiger partial charge >= 0.3 is 0 Å². The molecule has 3 nitrogen and oxygen atoms in total. The van der Waals surface area contributed by atoms with Crippen LogP contribution in [0.3, 0.4) is 0 Å². The second kappa shape index (κ2) is 4.50. The van der Waals surface area contributed by atoms with E-state index in [1.165, 1.54) is 12.0 Å². The van der Waals surface area contributed by atoms with Gasteiger partial charge in [-0.15, -0.1) is 0 Å². The molecule has 1 heterocycles. The van der Waals surface area contributed by atoms with E-state index < -0.39 is 0 Å². The molecule has 0 atom stereocenters. The molecule has 2 rings (SSSR count). The molecule has 1 aliphatic heterocycles. The molecule has 0 spiro atoms. The molecule has 1 saturated heterocycles. The van der Waals surface area contributed by atoms with Crippen LogP contribution in [0.25, 0.3) is 0 Å². The summed E-state index contributed by atoms with van der Waals surface area (Å²) < 4.78 is 5.17. The monoisotopic (exact) mass is 196 g/mol. The fourth-order valence-corrected chi connectivity index (χ4v) is 1.74. The molecule has 0 unspecified atom stereocenters. The van der Waals surface area contributed by atoms with Crippen molar-refractivity contribution in [2.45, 2.75) is 0 Å². The predicted molar refractivity (Wildman–Crippen MR) is 55.2 cm³/mol. The molecule has 0 aromatic heterocycles. The topological polar surface area (TPSA) is 24.5 Å². The van der Waals surface area contributed by atoms with E-state index in [9.17, 15) is 0 Å². The second-order valence-electron chi connectivity index (χ2n) is 2.81. The van der Waals surface area contributed by atoms with Gasteiger partial charge in [0.2, 0.25) is 0 Å². The third-order valence-electron chi connectivity index (χ3n) is 1.80. The van der Waals surface area contributed by atoms with E-state index in [1.807, 2.05) is 18.2 Å². The summed E-state index contributed by atoms with van der Waals surface area (Å²) in [5.41, 5.74) is 4.44. The minimum atomic E-state index is 0.782. The van der Waals surface area contributed by atoms with Crippen molar-refractivity contribution in [1.82, 2.24) is 5.01 Å². The quantitative estimate of drug-likeness (QED) is 0.731. The van der Waals surface area contributed by atoms with E-state index in [-0.39, 0.29) is 0 Å². The highest BCUT2D eigenvalue weighted by atomic mass is 32.2. The molecule has 0 bridgehead atoms. The van der Waals surface area contributed by atoms with Gasteiger partial charge in [-0.1, -0.05) is 18.2 Å². The maximum absolute atomic E-state index is 5.17. The van der Waals surface area contributed by atoms with E-state index in [0.29, 0.717) is 0 Å². The molecule has 0 amide bonds. The Morgan fingerprint density at radius 2 is 2.15 bits per heavy atom. The molecule has 0 saturated carbocycles. The molecule has 13 heavy (non-hydrogen) atoms. The summed E-state index contributed by atoms with van der Waals surface area (Å²) in [5, 5.41) is 2.14. The lowest BCUT2D eigenvalue weighted by atomic mass is 10.3. The number of hydrogen-bond acceptors (Lipinski definition) is 4. The van der Waals surface area contributed by atoms with Crippen LogP contribution in [0.1, 0.15) is 0 Å². The Kier molecular flexibility index (Phi) is 3.07. The summed E-state index contributed by atoms with van der Waals surface area (Å²) in [7, 11) is 0. The van der Waals surface area contributed by atoms with Gasteiger partial charge in [-0.2, -0.15) is 0 Å². The predicted octanol–water partition coefficient (Wildman–Crippen LogP) is 1.95. The number of benzene rings is 1. The molecular formula is C9H12N2OS. The summed E-state index contributed by atoms with van der Waals surface area (Å²) in [6.45, 7) is 1.71. The van der Waals surface area contributed by atoms with Crippen molar-refractivity contribution in [2.24, 2.45) is 0 Å². The van der Waals surface area contributed by atoms with Crippen molar-refractivity contribution in [3.05, 3.63) is 30.3 Å². The Morgan fingerprint density at radius 3 is 2.85 bits per heavy atom. The van der Waals surface area contributed by atoms with Gasteiger partial charge in [0.15, 0.2) is 0 Å². The SMILES string of the molecule is c1ccc(NN2CCOSC2)cc1. The van der Waals surface area contributed by atoms with Crippen molar-refractivity contribution < 1.29 is 4.18 Å². The number of rotatable bonds is 2. The average molecular weight is 196 g/mol. The lowest BCUT2D eigenvalue weighted by molar-refractivity contribution is 0.251. The second-order valence-corrected chi connectivity index (χ2v) is 3.54. The maximum atomic E-state index is 5.17. The largest absolute Gasteiger partial charge is 0.318 e. The van der Waals surface area contributed by atoms with Crippen molar-refractivity contribution in [1.29, 1.82) is 0 Å². The molecule has 1 fully saturated rings.